The maximum Gasteiger partial charge on any atom is 0.188 e. The summed E-state index contributed by atoms with van der Waals surface area (Å²) in [6.45, 7) is 7.79. The molecule has 3 heterocycles. The van der Waals surface area contributed by atoms with Gasteiger partial charge in [0.2, 0.25) is 0 Å². The highest BCUT2D eigenvalue weighted by Gasteiger charge is 2.22. The molecule has 5 heteroatoms. The molecule has 0 saturated carbocycles. The zero-order valence-corrected chi connectivity index (χ0v) is 26.9. The highest BCUT2D eigenvalue weighted by atomic mass is 32.1. The highest BCUT2D eigenvalue weighted by Crippen LogP contribution is 2.46. The largest absolute Gasteiger partial charge is 0.309 e. The monoisotopic (exact) mass is 640 g/mol. The van der Waals surface area contributed by atoms with E-state index in [-0.39, 0.29) is 0 Å². The number of hydrogen-bond acceptors (Lipinski definition) is 2. The van der Waals surface area contributed by atoms with Crippen LogP contribution in [0.2, 0.25) is 0 Å². The van der Waals surface area contributed by atoms with Crippen LogP contribution in [0.15, 0.2) is 146 Å². The van der Waals surface area contributed by atoms with Gasteiger partial charge in [-0.1, -0.05) is 84.9 Å². The van der Waals surface area contributed by atoms with Crippen molar-refractivity contribution in [1.29, 1.82) is 5.26 Å². The molecule has 0 radical (unpaired) electrons. The Kier molecular flexibility index (Phi) is 5.84. The van der Waals surface area contributed by atoms with E-state index in [1.54, 1.807) is 0 Å². The fourth-order valence-corrected chi connectivity index (χ4v) is 8.83. The molecule has 226 valence electrons. The first kappa shape index (κ1) is 27.5. The van der Waals surface area contributed by atoms with Crippen molar-refractivity contribution in [1.82, 2.24) is 9.13 Å². The third-order valence-electron chi connectivity index (χ3n) is 9.76. The summed E-state index contributed by atoms with van der Waals surface area (Å²) in [5, 5.41) is 16.6. The Bertz CT molecular complexity index is 3090. The van der Waals surface area contributed by atoms with E-state index in [4.69, 9.17) is 6.57 Å². The fraction of sp³-hybridized carbons (Fsp3) is 0. The maximum absolute atomic E-state index is 9.72. The molecular formula is C44H24N4S. The van der Waals surface area contributed by atoms with Crippen molar-refractivity contribution in [2.45, 2.75) is 0 Å². The van der Waals surface area contributed by atoms with Gasteiger partial charge in [-0.05, 0) is 66.0 Å². The second kappa shape index (κ2) is 10.4. The number of nitriles is 1. The fourth-order valence-electron chi connectivity index (χ4n) is 7.72. The molecular weight excluding hydrogens is 617 g/mol. The lowest BCUT2D eigenvalue weighted by Gasteiger charge is -2.18. The van der Waals surface area contributed by atoms with Crippen LogP contribution in [0, 0.1) is 17.9 Å². The molecule has 0 fully saturated rings. The second-order valence-electron chi connectivity index (χ2n) is 12.3. The molecule has 0 aliphatic carbocycles. The Hall–Kier alpha value is -6.66. The molecule has 0 saturated heterocycles. The van der Waals surface area contributed by atoms with Crippen LogP contribution in [0.4, 0.5) is 5.69 Å². The van der Waals surface area contributed by atoms with E-state index in [2.05, 4.69) is 141 Å². The summed E-state index contributed by atoms with van der Waals surface area (Å²) < 4.78 is 7.24. The highest BCUT2D eigenvalue weighted by molar-refractivity contribution is 7.26. The Balaban J connectivity index is 1.33. The minimum atomic E-state index is 0.631. The molecule has 0 aliphatic rings. The van der Waals surface area contributed by atoms with E-state index in [0.29, 0.717) is 11.3 Å². The molecule has 0 aliphatic heterocycles. The number of para-hydroxylation sites is 3. The molecule has 0 atom stereocenters. The zero-order chi connectivity index (χ0) is 32.6. The lowest BCUT2D eigenvalue weighted by atomic mass is 10.0. The maximum atomic E-state index is 9.72. The summed E-state index contributed by atoms with van der Waals surface area (Å²) in [5.74, 6) is 0. The molecule has 0 unspecified atom stereocenters. The SMILES string of the molecule is [C-]#[N+]c1ccc2c(c1)c1ccc3sc4ccccc4c3c1n2-c1ccccc1-c1ccccc1-n1c2ccccc2c2cc(C#N)ccc21. The van der Waals surface area contributed by atoms with Crippen LogP contribution in [0.1, 0.15) is 5.56 Å². The van der Waals surface area contributed by atoms with Gasteiger partial charge in [-0.15, -0.1) is 11.3 Å². The number of nitrogens with zero attached hydrogens (tertiary/aromatic N) is 4. The lowest BCUT2D eigenvalue weighted by molar-refractivity contribution is 1.16. The van der Waals surface area contributed by atoms with Crippen LogP contribution in [0.25, 0.3) is 91.1 Å². The standard InChI is InChI=1S/C44H24N4S/c1-46-28-19-22-40-35(25-28)32-20-23-42-43(33-13-5-9-17-41(33)49-42)44(32)48(40)38-16-8-3-11-30(38)29-10-2-6-14-36(29)47-37-15-7-4-12-31(37)34-24-27(26-45)18-21-39(34)47/h2-25H. The van der Waals surface area contributed by atoms with Gasteiger partial charge in [-0.25, -0.2) is 4.85 Å². The van der Waals surface area contributed by atoms with Gasteiger partial charge in [-0.3, -0.25) is 0 Å². The summed E-state index contributed by atoms with van der Waals surface area (Å²) in [6, 6.07) is 53.1. The second-order valence-corrected chi connectivity index (χ2v) is 13.4. The molecule has 3 aromatic heterocycles. The summed E-state index contributed by atoms with van der Waals surface area (Å²) >= 11 is 1.82. The predicted octanol–water partition coefficient (Wildman–Crippen LogP) is 12.3. The number of thiophene rings is 1. The Labute approximate surface area is 285 Å². The Morgan fingerprint density at radius 1 is 0.531 bits per heavy atom. The smallest absolute Gasteiger partial charge is 0.188 e. The third kappa shape index (κ3) is 3.88. The van der Waals surface area contributed by atoms with Gasteiger partial charge in [-0.2, -0.15) is 5.26 Å². The van der Waals surface area contributed by atoms with Gasteiger partial charge in [0.05, 0.1) is 51.6 Å². The summed E-state index contributed by atoms with van der Waals surface area (Å²) in [4.78, 5) is 3.80. The van der Waals surface area contributed by atoms with E-state index < -0.39 is 0 Å². The number of fused-ring (bicyclic) bond motifs is 10. The number of benzene rings is 7. The van der Waals surface area contributed by atoms with Gasteiger partial charge >= 0.3 is 0 Å². The first-order valence-corrected chi connectivity index (χ1v) is 16.9. The van der Waals surface area contributed by atoms with Gasteiger partial charge < -0.3 is 9.13 Å². The van der Waals surface area contributed by atoms with Gasteiger partial charge in [0.15, 0.2) is 5.69 Å². The van der Waals surface area contributed by atoms with E-state index in [0.717, 1.165) is 66.1 Å². The van der Waals surface area contributed by atoms with Crippen molar-refractivity contribution in [3.05, 3.63) is 163 Å². The topological polar surface area (TPSA) is 38.0 Å². The first-order valence-electron chi connectivity index (χ1n) is 16.1. The minimum Gasteiger partial charge on any atom is -0.309 e. The van der Waals surface area contributed by atoms with Crippen molar-refractivity contribution >= 4 is 80.8 Å². The molecule has 10 aromatic rings. The van der Waals surface area contributed by atoms with Gasteiger partial charge in [0, 0.05) is 47.5 Å². The van der Waals surface area contributed by atoms with E-state index in [1.807, 2.05) is 35.6 Å². The molecule has 0 N–H and O–H groups in total. The van der Waals surface area contributed by atoms with Crippen molar-refractivity contribution in [2.24, 2.45) is 0 Å². The van der Waals surface area contributed by atoms with Crippen LogP contribution >= 0.6 is 11.3 Å². The summed E-state index contributed by atoms with van der Waals surface area (Å²) in [7, 11) is 0. The van der Waals surface area contributed by atoms with Crippen LogP contribution in [0.3, 0.4) is 0 Å². The van der Waals surface area contributed by atoms with Crippen molar-refractivity contribution in [3.63, 3.8) is 0 Å². The molecule has 4 nitrogen and oxygen atoms in total. The average Bonchev–Trinajstić information content (AvgIpc) is 3.81. The van der Waals surface area contributed by atoms with Crippen LogP contribution in [0.5, 0.6) is 0 Å². The predicted molar refractivity (Wildman–Crippen MR) is 204 cm³/mol. The molecule has 7 aromatic carbocycles. The number of rotatable bonds is 3. The van der Waals surface area contributed by atoms with E-state index in [9.17, 15) is 5.26 Å². The summed E-state index contributed by atoms with van der Waals surface area (Å²) in [5.41, 5.74) is 9.97. The van der Waals surface area contributed by atoms with E-state index in [1.165, 1.54) is 20.2 Å². The molecule has 49 heavy (non-hydrogen) atoms. The van der Waals surface area contributed by atoms with Crippen LogP contribution in [-0.2, 0) is 0 Å². The number of hydrogen-bond donors (Lipinski definition) is 0. The minimum absolute atomic E-state index is 0.631. The quantitative estimate of drug-likeness (QED) is 0.177. The van der Waals surface area contributed by atoms with E-state index >= 15 is 0 Å². The summed E-state index contributed by atoms with van der Waals surface area (Å²) in [6.07, 6.45) is 0. The van der Waals surface area contributed by atoms with Crippen molar-refractivity contribution in [3.8, 4) is 28.6 Å². The van der Waals surface area contributed by atoms with Gasteiger partial charge in [0.1, 0.15) is 0 Å². The van der Waals surface area contributed by atoms with Crippen molar-refractivity contribution in [2.75, 3.05) is 0 Å². The van der Waals surface area contributed by atoms with Crippen LogP contribution < -0.4 is 0 Å². The zero-order valence-electron chi connectivity index (χ0n) is 26.1. The normalized spacial score (nSPS) is 11.6. The van der Waals surface area contributed by atoms with Gasteiger partial charge in [0.25, 0.3) is 0 Å². The Morgan fingerprint density at radius 2 is 1.16 bits per heavy atom. The first-order chi connectivity index (χ1) is 24.2. The Morgan fingerprint density at radius 3 is 1.96 bits per heavy atom. The van der Waals surface area contributed by atoms with Crippen molar-refractivity contribution < 1.29 is 0 Å². The van der Waals surface area contributed by atoms with Crippen LogP contribution in [-0.4, -0.2) is 9.13 Å². The lowest BCUT2D eigenvalue weighted by Crippen LogP contribution is -2.01. The number of aromatic nitrogens is 2. The molecule has 0 amide bonds. The molecule has 10 rings (SSSR count). The molecule has 0 spiro atoms. The average molecular weight is 641 g/mol. The molecule has 0 bridgehead atoms. The third-order valence-corrected chi connectivity index (χ3v) is 10.9.